The van der Waals surface area contributed by atoms with Gasteiger partial charge in [0.25, 0.3) is 0 Å². The Morgan fingerprint density at radius 1 is 1.28 bits per heavy atom. The fourth-order valence-electron chi connectivity index (χ4n) is 2.10. The van der Waals surface area contributed by atoms with Crippen molar-refractivity contribution in [2.24, 2.45) is 0 Å². The Balaban J connectivity index is 2.08. The molecular formula is C13H16F3NO. The van der Waals surface area contributed by atoms with E-state index < -0.39 is 17.9 Å². The lowest BCUT2D eigenvalue weighted by molar-refractivity contribution is 0.0667. The molecule has 1 aliphatic rings. The van der Waals surface area contributed by atoms with Crippen LogP contribution < -0.4 is 5.32 Å². The first-order valence-corrected chi connectivity index (χ1v) is 6.02. The highest BCUT2D eigenvalue weighted by molar-refractivity contribution is 5.30. The summed E-state index contributed by atoms with van der Waals surface area (Å²) in [4.78, 5) is 0. The summed E-state index contributed by atoms with van der Waals surface area (Å²) in [6.07, 6.45) is -0.0325. The van der Waals surface area contributed by atoms with E-state index in [2.05, 4.69) is 5.32 Å². The first-order valence-electron chi connectivity index (χ1n) is 6.02. The maximum atomic E-state index is 14.1. The summed E-state index contributed by atoms with van der Waals surface area (Å²) in [5.41, 5.74) is 0.169. The molecule has 0 radical (unpaired) electrons. The van der Waals surface area contributed by atoms with Crippen LogP contribution in [0.4, 0.5) is 13.2 Å². The number of rotatable bonds is 3. The number of halogens is 3. The molecule has 5 heteroatoms. The third kappa shape index (κ3) is 2.84. The van der Waals surface area contributed by atoms with Crippen LogP contribution >= 0.6 is 0 Å². The average Bonchev–Trinajstić information content (AvgIpc) is 2.37. The van der Waals surface area contributed by atoms with Crippen molar-refractivity contribution in [1.29, 1.82) is 0 Å². The van der Waals surface area contributed by atoms with Gasteiger partial charge in [0.05, 0.1) is 0 Å². The number of ether oxygens (including phenoxy) is 1. The van der Waals surface area contributed by atoms with Crippen molar-refractivity contribution >= 4 is 0 Å². The zero-order valence-corrected chi connectivity index (χ0v) is 10.2. The summed E-state index contributed by atoms with van der Waals surface area (Å²) >= 11 is 0. The average molecular weight is 259 g/mol. The van der Waals surface area contributed by atoms with E-state index in [0.29, 0.717) is 13.2 Å². The molecule has 1 heterocycles. The minimum absolute atomic E-state index is 0.0151. The molecule has 1 aliphatic heterocycles. The van der Waals surface area contributed by atoms with Crippen LogP contribution in [0.25, 0.3) is 0 Å². The summed E-state index contributed by atoms with van der Waals surface area (Å²) in [6, 6.07) is 2.25. The number of alkyl halides is 1. The highest BCUT2D eigenvalue weighted by Gasteiger charge is 2.22. The maximum absolute atomic E-state index is 14.1. The van der Waals surface area contributed by atoms with Crippen LogP contribution in [0.3, 0.4) is 0 Å². The Bertz CT molecular complexity index is 419. The van der Waals surface area contributed by atoms with Crippen LogP contribution in [0, 0.1) is 18.6 Å². The molecule has 1 aromatic rings. The van der Waals surface area contributed by atoms with E-state index in [-0.39, 0.29) is 17.2 Å². The van der Waals surface area contributed by atoms with E-state index in [1.54, 1.807) is 0 Å². The van der Waals surface area contributed by atoms with E-state index in [1.807, 2.05) is 0 Å². The van der Waals surface area contributed by atoms with Crippen molar-refractivity contribution in [3.05, 3.63) is 34.9 Å². The van der Waals surface area contributed by atoms with E-state index in [9.17, 15) is 13.2 Å². The zero-order valence-electron chi connectivity index (χ0n) is 10.2. The third-order valence-electron chi connectivity index (χ3n) is 3.26. The lowest BCUT2D eigenvalue weighted by Gasteiger charge is -2.25. The fraction of sp³-hybridized carbons (Fsp3) is 0.538. The van der Waals surface area contributed by atoms with Crippen LogP contribution in [-0.4, -0.2) is 19.3 Å². The van der Waals surface area contributed by atoms with Gasteiger partial charge >= 0.3 is 0 Å². The zero-order chi connectivity index (χ0) is 13.1. The molecule has 0 saturated carbocycles. The molecule has 0 spiro atoms. The van der Waals surface area contributed by atoms with Gasteiger partial charge in [0.1, 0.15) is 0 Å². The first kappa shape index (κ1) is 13.4. The quantitative estimate of drug-likeness (QED) is 0.842. The van der Waals surface area contributed by atoms with Crippen molar-refractivity contribution < 1.29 is 17.9 Å². The lowest BCUT2D eigenvalue weighted by Crippen LogP contribution is -2.36. The molecule has 2 nitrogen and oxygen atoms in total. The second kappa shape index (κ2) is 5.71. The van der Waals surface area contributed by atoms with E-state index in [4.69, 9.17) is 4.74 Å². The van der Waals surface area contributed by atoms with Crippen LogP contribution in [0.5, 0.6) is 0 Å². The molecule has 1 atom stereocenters. The number of benzene rings is 1. The van der Waals surface area contributed by atoms with Crippen molar-refractivity contribution in [3.63, 3.8) is 0 Å². The molecule has 1 N–H and O–H groups in total. The molecule has 100 valence electrons. The van der Waals surface area contributed by atoms with Crippen LogP contribution in [0.15, 0.2) is 12.1 Å². The molecule has 1 aromatic carbocycles. The number of nitrogens with one attached hydrogen (secondary N) is 1. The first-order chi connectivity index (χ1) is 8.59. The molecule has 1 saturated heterocycles. The van der Waals surface area contributed by atoms with Gasteiger partial charge in [-0.1, -0.05) is 6.07 Å². The minimum atomic E-state index is -1.48. The Morgan fingerprint density at radius 3 is 2.61 bits per heavy atom. The van der Waals surface area contributed by atoms with Crippen molar-refractivity contribution in [1.82, 2.24) is 5.32 Å². The second-order valence-corrected chi connectivity index (χ2v) is 4.49. The molecular weight excluding hydrogens is 243 g/mol. The Labute approximate surface area is 104 Å². The normalized spacial score (nSPS) is 18.9. The summed E-state index contributed by atoms with van der Waals surface area (Å²) < 4.78 is 45.5. The summed E-state index contributed by atoms with van der Waals surface area (Å²) in [6.45, 7) is 2.58. The van der Waals surface area contributed by atoms with E-state index in [1.165, 1.54) is 13.0 Å². The Hall–Kier alpha value is -1.07. The molecule has 1 fully saturated rings. The third-order valence-corrected chi connectivity index (χ3v) is 3.26. The smallest absolute Gasteiger partial charge is 0.177 e. The number of hydrogen-bond acceptors (Lipinski definition) is 2. The van der Waals surface area contributed by atoms with Gasteiger partial charge in [-0.05, 0) is 31.4 Å². The van der Waals surface area contributed by atoms with Gasteiger partial charge in [0.2, 0.25) is 0 Å². The maximum Gasteiger partial charge on any atom is 0.177 e. The van der Waals surface area contributed by atoms with Crippen molar-refractivity contribution in [2.45, 2.75) is 32.1 Å². The summed E-state index contributed by atoms with van der Waals surface area (Å²) in [5.74, 6) is -1.93. The molecule has 18 heavy (non-hydrogen) atoms. The van der Waals surface area contributed by atoms with Crippen LogP contribution in [0.1, 0.15) is 30.3 Å². The van der Waals surface area contributed by atoms with Gasteiger partial charge in [-0.3, -0.25) is 5.32 Å². The highest BCUT2D eigenvalue weighted by Crippen LogP contribution is 2.24. The lowest BCUT2D eigenvalue weighted by atomic mass is 10.0. The topological polar surface area (TPSA) is 21.3 Å². The number of hydrogen-bond donors (Lipinski definition) is 1. The van der Waals surface area contributed by atoms with Gasteiger partial charge in [0.15, 0.2) is 17.9 Å². The SMILES string of the molecule is Cc1c(C(F)NC2CCOCC2)ccc(F)c1F. The van der Waals surface area contributed by atoms with Gasteiger partial charge in [-0.2, -0.15) is 0 Å². The minimum Gasteiger partial charge on any atom is -0.381 e. The molecule has 0 bridgehead atoms. The van der Waals surface area contributed by atoms with Crippen LogP contribution in [-0.2, 0) is 4.74 Å². The summed E-state index contributed by atoms with van der Waals surface area (Å²) in [7, 11) is 0. The monoisotopic (exact) mass is 259 g/mol. The highest BCUT2D eigenvalue weighted by atomic mass is 19.2. The van der Waals surface area contributed by atoms with Gasteiger partial charge < -0.3 is 4.74 Å². The molecule has 0 aromatic heterocycles. The van der Waals surface area contributed by atoms with Crippen molar-refractivity contribution in [2.75, 3.05) is 13.2 Å². The predicted octanol–water partition coefficient (Wildman–Crippen LogP) is 3.01. The summed E-state index contributed by atoms with van der Waals surface area (Å²) in [5, 5.41) is 2.79. The van der Waals surface area contributed by atoms with Gasteiger partial charge in [-0.15, -0.1) is 0 Å². The molecule has 1 unspecified atom stereocenters. The van der Waals surface area contributed by atoms with E-state index >= 15 is 0 Å². The fourth-order valence-corrected chi connectivity index (χ4v) is 2.10. The second-order valence-electron chi connectivity index (χ2n) is 4.49. The predicted molar refractivity (Wildman–Crippen MR) is 61.9 cm³/mol. The Morgan fingerprint density at radius 2 is 1.94 bits per heavy atom. The largest absolute Gasteiger partial charge is 0.381 e. The van der Waals surface area contributed by atoms with Gasteiger partial charge in [0, 0.05) is 24.8 Å². The molecule has 2 rings (SSSR count). The molecule has 0 amide bonds. The molecule has 0 aliphatic carbocycles. The van der Waals surface area contributed by atoms with Crippen molar-refractivity contribution in [3.8, 4) is 0 Å². The van der Waals surface area contributed by atoms with Crippen LogP contribution in [0.2, 0.25) is 0 Å². The standard InChI is InChI=1S/C13H16F3NO/c1-8-10(2-3-11(14)12(8)15)13(16)17-9-4-6-18-7-5-9/h2-3,9,13,17H,4-7H2,1H3. The Kier molecular flexibility index (Phi) is 4.24. The van der Waals surface area contributed by atoms with E-state index in [0.717, 1.165) is 18.9 Å². The van der Waals surface area contributed by atoms with Gasteiger partial charge in [-0.25, -0.2) is 13.2 Å².